The number of ether oxygens (including phenoxy) is 1. The van der Waals surface area contributed by atoms with Crippen LogP contribution >= 0.6 is 0 Å². The molecule has 2 saturated heterocycles. The third kappa shape index (κ3) is 7.71. The van der Waals surface area contributed by atoms with Gasteiger partial charge in [-0.1, -0.05) is 31.0 Å². The average Bonchev–Trinajstić information content (AvgIpc) is 3.94. The molecule has 0 atom stereocenters. The van der Waals surface area contributed by atoms with Crippen LogP contribution in [0, 0.1) is 5.82 Å². The number of aryl methyl sites for hydroxylation is 1. The molecule has 292 valence electrons. The molecule has 0 unspecified atom stereocenters. The number of nitrogens with one attached hydrogen (secondary N) is 2. The van der Waals surface area contributed by atoms with Gasteiger partial charge in [-0.3, -0.25) is 14.4 Å². The second-order valence-corrected chi connectivity index (χ2v) is 14.7. The molecule has 6 heterocycles. The molecule has 14 heteroatoms. The number of aromatic nitrogens is 3. The van der Waals surface area contributed by atoms with Gasteiger partial charge in [-0.05, 0) is 69.9 Å². The first-order valence-corrected chi connectivity index (χ1v) is 19.6. The molecule has 3 aromatic heterocycles. The van der Waals surface area contributed by atoms with Crippen LogP contribution < -0.4 is 31.4 Å². The number of likely N-dealkylation sites (tertiary alicyclic amines) is 1. The summed E-state index contributed by atoms with van der Waals surface area (Å²) in [4.78, 5) is 45.9. The summed E-state index contributed by atoms with van der Waals surface area (Å²) in [6.45, 7) is 6.57. The Labute approximate surface area is 323 Å². The van der Waals surface area contributed by atoms with Crippen LogP contribution in [-0.2, 0) is 11.3 Å². The lowest BCUT2D eigenvalue weighted by Gasteiger charge is -2.30. The number of hydrogen-bond acceptors (Lipinski definition) is 9. The highest BCUT2D eigenvalue weighted by Gasteiger charge is 2.31. The number of halogens is 1. The quantitative estimate of drug-likeness (QED) is 0.141. The van der Waals surface area contributed by atoms with Crippen molar-refractivity contribution in [1.82, 2.24) is 29.7 Å². The number of pyridine rings is 1. The zero-order valence-corrected chi connectivity index (χ0v) is 31.4. The van der Waals surface area contributed by atoms with Gasteiger partial charge in [0.25, 0.3) is 5.91 Å². The van der Waals surface area contributed by atoms with E-state index in [0.29, 0.717) is 53.6 Å². The van der Waals surface area contributed by atoms with Crippen molar-refractivity contribution in [3.63, 3.8) is 0 Å². The van der Waals surface area contributed by atoms with Crippen molar-refractivity contribution in [3.05, 3.63) is 89.0 Å². The molecule has 2 fully saturated rings. The van der Waals surface area contributed by atoms with E-state index < -0.39 is 17.2 Å². The van der Waals surface area contributed by atoms with Crippen LogP contribution in [0.3, 0.4) is 0 Å². The van der Waals surface area contributed by atoms with E-state index in [1.165, 1.54) is 6.07 Å². The van der Waals surface area contributed by atoms with Crippen LogP contribution in [0.1, 0.15) is 55.3 Å². The molecule has 3 aliphatic heterocycles. The molecule has 0 saturated carbocycles. The van der Waals surface area contributed by atoms with Crippen molar-refractivity contribution in [2.75, 3.05) is 57.3 Å². The molecule has 2 amide bonds. The number of nitrogens with zero attached hydrogens (tertiary/aromatic N) is 5. The van der Waals surface area contributed by atoms with Gasteiger partial charge in [0, 0.05) is 68.2 Å². The smallest absolute Gasteiger partial charge is 0.256 e. The summed E-state index contributed by atoms with van der Waals surface area (Å²) in [7, 11) is 0. The first kappa shape index (κ1) is 37.2. The maximum absolute atomic E-state index is 16.1. The summed E-state index contributed by atoms with van der Waals surface area (Å²) in [6.07, 6.45) is 14.4. The van der Waals surface area contributed by atoms with Crippen LogP contribution in [0.4, 0.5) is 10.1 Å². The zero-order chi connectivity index (χ0) is 38.6. The molecule has 3 aliphatic rings. The number of anilines is 1. The summed E-state index contributed by atoms with van der Waals surface area (Å²) in [5.41, 5.74) is 7.28. The minimum absolute atomic E-state index is 0.0284. The third-order valence-electron chi connectivity index (χ3n) is 10.8. The molecule has 56 heavy (non-hydrogen) atoms. The van der Waals surface area contributed by atoms with Crippen molar-refractivity contribution in [1.29, 1.82) is 0 Å². The number of para-hydroxylation sites is 1. The van der Waals surface area contributed by atoms with Crippen LogP contribution in [0.2, 0.25) is 0 Å². The molecule has 13 nitrogen and oxygen atoms in total. The lowest BCUT2D eigenvalue weighted by Crippen LogP contribution is -2.36. The summed E-state index contributed by atoms with van der Waals surface area (Å²) >= 11 is 0. The molecule has 0 radical (unpaired) electrons. The van der Waals surface area contributed by atoms with Crippen molar-refractivity contribution >= 4 is 50.3 Å². The first-order chi connectivity index (χ1) is 27.4. The predicted octanol–water partition coefficient (Wildman–Crippen LogP) is 5.69. The molecule has 9 rings (SSSR count). The van der Waals surface area contributed by atoms with Crippen LogP contribution in [0.5, 0.6) is 11.5 Å². The Morgan fingerprint density at radius 1 is 0.893 bits per heavy atom. The molecule has 3 aromatic carbocycles. The van der Waals surface area contributed by atoms with E-state index in [1.54, 1.807) is 18.7 Å². The van der Waals surface area contributed by atoms with Gasteiger partial charge >= 0.3 is 0 Å². The van der Waals surface area contributed by atoms with Gasteiger partial charge in [0.15, 0.2) is 17.3 Å². The van der Waals surface area contributed by atoms with Crippen molar-refractivity contribution in [3.8, 4) is 17.2 Å². The van der Waals surface area contributed by atoms with E-state index in [4.69, 9.17) is 14.9 Å². The fourth-order valence-corrected chi connectivity index (χ4v) is 8.02. The van der Waals surface area contributed by atoms with E-state index in [-0.39, 0.29) is 23.4 Å². The van der Waals surface area contributed by atoms with Crippen molar-refractivity contribution in [2.24, 2.45) is 5.73 Å². The number of furan rings is 1. The zero-order valence-electron chi connectivity index (χ0n) is 31.4. The Balaban J connectivity index is 0.000000290. The Morgan fingerprint density at radius 2 is 1.68 bits per heavy atom. The fraction of sp³-hybridized carbons (Fsp3) is 0.381. The first-order valence-electron chi connectivity index (χ1n) is 19.6. The van der Waals surface area contributed by atoms with E-state index in [1.807, 2.05) is 56.6 Å². The van der Waals surface area contributed by atoms with Gasteiger partial charge in [0.2, 0.25) is 11.3 Å². The second-order valence-electron chi connectivity index (χ2n) is 14.7. The summed E-state index contributed by atoms with van der Waals surface area (Å²) in [5, 5.41) is 7.81. The molecule has 0 bridgehead atoms. The van der Waals surface area contributed by atoms with Crippen molar-refractivity contribution in [2.45, 2.75) is 51.5 Å². The van der Waals surface area contributed by atoms with Crippen LogP contribution in [-0.4, -0.2) is 83.2 Å². The fourth-order valence-electron chi connectivity index (χ4n) is 8.02. The SMILES string of the molecule is NC(=O)CNCCCn1ccnc1.O=C(NCCN1CCCC1)c1cn2c3c(c(N4CCCCCC4)c(F)cc3c1=O)Oc1cc3c(cc1-2)oc1ccccc13. The Morgan fingerprint density at radius 3 is 2.45 bits per heavy atom. The van der Waals surface area contributed by atoms with Crippen LogP contribution in [0.15, 0.2) is 76.6 Å². The lowest BCUT2D eigenvalue weighted by molar-refractivity contribution is -0.117. The number of rotatable bonds is 11. The van der Waals surface area contributed by atoms with Gasteiger partial charge in [-0.15, -0.1) is 0 Å². The average molecular weight is 763 g/mol. The number of carbonyl (C=O) groups is 2. The highest BCUT2D eigenvalue weighted by atomic mass is 19.1. The van der Waals surface area contributed by atoms with Gasteiger partial charge in [-0.2, -0.15) is 0 Å². The highest BCUT2D eigenvalue weighted by Crippen LogP contribution is 2.48. The third-order valence-corrected chi connectivity index (χ3v) is 10.8. The van der Waals surface area contributed by atoms with E-state index in [2.05, 4.69) is 20.5 Å². The molecular formula is C42H47FN8O5. The summed E-state index contributed by atoms with van der Waals surface area (Å²) < 4.78 is 32.7. The number of amides is 2. The molecule has 0 aliphatic carbocycles. The number of fused-ring (bicyclic) bond motifs is 5. The van der Waals surface area contributed by atoms with E-state index in [0.717, 1.165) is 94.0 Å². The van der Waals surface area contributed by atoms with E-state index >= 15 is 4.39 Å². The topological polar surface area (TPSA) is 153 Å². The molecule has 0 spiro atoms. The standard InChI is InChI=1S/C34H33FN4O4.C8H14N4O/c35-25-17-23-30-33(31(25)38-14-5-1-2-6-15-38)43-29-18-22-21-9-3-4-10-27(21)42-28(22)19-26(29)39(30)20-24(32(23)40)34(41)36-11-16-37-12-7-8-13-37;9-8(13)6-10-2-1-4-12-5-3-11-7-12/h3-4,9-10,17-20H,1-2,5-8,11-16H2,(H,36,41);3,5,7,10H,1-2,4,6H2,(H2,9,13). The normalized spacial score (nSPS) is 15.3. The second kappa shape index (κ2) is 16.6. The maximum atomic E-state index is 16.1. The molecular weight excluding hydrogens is 716 g/mol. The molecule has 4 N–H and O–H groups in total. The molecule has 6 aromatic rings. The Hall–Kier alpha value is -5.73. The number of benzene rings is 3. The lowest BCUT2D eigenvalue weighted by atomic mass is 10.0. The van der Waals surface area contributed by atoms with Gasteiger partial charge < -0.3 is 44.5 Å². The Kier molecular flexibility index (Phi) is 11.0. The van der Waals surface area contributed by atoms with Crippen molar-refractivity contribution < 1.29 is 23.1 Å². The Bertz CT molecular complexity index is 2430. The number of primary amides is 1. The minimum atomic E-state index is -0.516. The number of nitrogens with two attached hydrogens (primary N) is 1. The number of imidazole rings is 1. The maximum Gasteiger partial charge on any atom is 0.256 e. The van der Waals surface area contributed by atoms with Gasteiger partial charge in [-0.25, -0.2) is 9.37 Å². The monoisotopic (exact) mass is 762 g/mol. The number of hydrogen-bond donors (Lipinski definition) is 3. The predicted molar refractivity (Wildman–Crippen MR) is 214 cm³/mol. The highest BCUT2D eigenvalue weighted by molar-refractivity contribution is 6.07. The number of carbonyl (C=O) groups excluding carboxylic acids is 2. The van der Waals surface area contributed by atoms with Gasteiger partial charge in [0.05, 0.1) is 23.9 Å². The van der Waals surface area contributed by atoms with Crippen LogP contribution in [0.25, 0.3) is 38.5 Å². The summed E-state index contributed by atoms with van der Waals surface area (Å²) in [5.74, 6) is -0.472. The summed E-state index contributed by atoms with van der Waals surface area (Å²) in [6, 6.07) is 12.9. The van der Waals surface area contributed by atoms with E-state index in [9.17, 15) is 14.4 Å². The van der Waals surface area contributed by atoms with Gasteiger partial charge in [0.1, 0.15) is 27.9 Å². The largest absolute Gasteiger partial charge is 0.456 e. The minimum Gasteiger partial charge on any atom is -0.456 e.